The first-order chi connectivity index (χ1) is 8.78. The van der Waals surface area contributed by atoms with Crippen LogP contribution in [-0.2, 0) is 11.3 Å². The summed E-state index contributed by atoms with van der Waals surface area (Å²) in [5, 5.41) is 0.446. The molecule has 5 heteroatoms. The first-order valence-electron chi connectivity index (χ1n) is 6.58. The number of rotatable bonds is 5. The van der Waals surface area contributed by atoms with Gasteiger partial charge in [-0.25, -0.2) is 4.98 Å². The Balaban J connectivity index is 1.83. The van der Waals surface area contributed by atoms with Crippen molar-refractivity contribution in [3.63, 3.8) is 0 Å². The van der Waals surface area contributed by atoms with Crippen molar-refractivity contribution in [2.75, 3.05) is 19.7 Å². The van der Waals surface area contributed by atoms with Crippen molar-refractivity contribution in [3.8, 4) is 0 Å². The van der Waals surface area contributed by atoms with Gasteiger partial charge in [0.2, 0.25) is 0 Å². The Morgan fingerprint density at radius 3 is 3.06 bits per heavy atom. The molecule has 0 radical (unpaired) electrons. The fourth-order valence-corrected chi connectivity index (χ4v) is 2.32. The second-order valence-corrected chi connectivity index (χ2v) is 5.09. The van der Waals surface area contributed by atoms with E-state index in [1.165, 1.54) is 12.8 Å². The third kappa shape index (κ3) is 4.19. The van der Waals surface area contributed by atoms with E-state index in [0.717, 1.165) is 38.4 Å². The molecule has 1 atom stereocenters. The molecule has 100 valence electrons. The summed E-state index contributed by atoms with van der Waals surface area (Å²) >= 11 is 5.73. The Morgan fingerprint density at radius 2 is 2.33 bits per heavy atom. The maximum Gasteiger partial charge on any atom is 0.147 e. The summed E-state index contributed by atoms with van der Waals surface area (Å²) in [5.74, 6) is 0. The summed E-state index contributed by atoms with van der Waals surface area (Å²) in [6.45, 7) is 5.93. The van der Waals surface area contributed by atoms with Gasteiger partial charge in [0.1, 0.15) is 5.15 Å². The second kappa shape index (κ2) is 7.02. The lowest BCUT2D eigenvalue weighted by atomic mass is 10.1. The molecule has 4 nitrogen and oxygen atoms in total. The predicted molar refractivity (Wildman–Crippen MR) is 71.6 cm³/mol. The Kier molecular flexibility index (Phi) is 5.35. The largest absolute Gasteiger partial charge is 0.377 e. The fourth-order valence-electron chi connectivity index (χ4n) is 2.23. The van der Waals surface area contributed by atoms with Gasteiger partial charge in [-0.2, -0.15) is 0 Å². The zero-order chi connectivity index (χ0) is 12.8. The van der Waals surface area contributed by atoms with Crippen molar-refractivity contribution in [1.82, 2.24) is 14.9 Å². The number of halogens is 1. The van der Waals surface area contributed by atoms with Gasteiger partial charge in [0.05, 0.1) is 24.2 Å². The molecule has 0 saturated carbocycles. The maximum atomic E-state index is 5.82. The van der Waals surface area contributed by atoms with Gasteiger partial charge in [0, 0.05) is 19.7 Å². The molecule has 1 aromatic heterocycles. The van der Waals surface area contributed by atoms with E-state index in [4.69, 9.17) is 16.3 Å². The van der Waals surface area contributed by atoms with Crippen molar-refractivity contribution in [2.45, 2.75) is 38.8 Å². The van der Waals surface area contributed by atoms with Crippen molar-refractivity contribution < 1.29 is 4.74 Å². The van der Waals surface area contributed by atoms with Gasteiger partial charge in [-0.15, -0.1) is 0 Å². The molecule has 1 aliphatic rings. The zero-order valence-corrected chi connectivity index (χ0v) is 11.6. The number of nitrogens with zero attached hydrogens (tertiary/aromatic N) is 3. The van der Waals surface area contributed by atoms with Crippen molar-refractivity contribution >= 4 is 11.6 Å². The standard InChI is InChI=1S/C13H20ClN3O/c1-2-6-18-12-4-3-5-17(10-12)9-11-7-16-13(14)8-15-11/h7-8,12H,2-6,9-10H2,1H3. The van der Waals surface area contributed by atoms with E-state index in [1.54, 1.807) is 12.4 Å². The molecule has 0 aromatic carbocycles. The summed E-state index contributed by atoms with van der Waals surface area (Å²) < 4.78 is 5.82. The minimum atomic E-state index is 0.374. The van der Waals surface area contributed by atoms with Crippen LogP contribution < -0.4 is 0 Å². The van der Waals surface area contributed by atoms with Gasteiger partial charge < -0.3 is 4.74 Å². The lowest BCUT2D eigenvalue weighted by Crippen LogP contribution is -2.39. The molecule has 1 aliphatic heterocycles. The molecule has 1 aromatic rings. The monoisotopic (exact) mass is 269 g/mol. The Hall–Kier alpha value is -0.710. The minimum absolute atomic E-state index is 0.374. The van der Waals surface area contributed by atoms with Gasteiger partial charge in [0.25, 0.3) is 0 Å². The summed E-state index contributed by atoms with van der Waals surface area (Å²) in [6.07, 6.45) is 7.17. The summed E-state index contributed by atoms with van der Waals surface area (Å²) in [7, 11) is 0. The molecule has 0 bridgehead atoms. The van der Waals surface area contributed by atoms with Gasteiger partial charge in [-0.1, -0.05) is 18.5 Å². The quantitative estimate of drug-likeness (QED) is 0.823. The summed E-state index contributed by atoms with van der Waals surface area (Å²) in [4.78, 5) is 10.7. The number of hydrogen-bond donors (Lipinski definition) is 0. The van der Waals surface area contributed by atoms with Crippen LogP contribution in [-0.4, -0.2) is 40.7 Å². The SMILES string of the molecule is CCCOC1CCCN(Cc2cnc(Cl)cn2)C1. The number of hydrogen-bond acceptors (Lipinski definition) is 4. The zero-order valence-electron chi connectivity index (χ0n) is 10.8. The van der Waals surface area contributed by atoms with Crippen LogP contribution in [0.1, 0.15) is 31.9 Å². The van der Waals surface area contributed by atoms with E-state index in [2.05, 4.69) is 21.8 Å². The maximum absolute atomic E-state index is 5.82. The highest BCUT2D eigenvalue weighted by molar-refractivity contribution is 6.29. The second-order valence-electron chi connectivity index (χ2n) is 4.70. The molecule has 0 N–H and O–H groups in total. The minimum Gasteiger partial charge on any atom is -0.377 e. The van der Waals surface area contributed by atoms with E-state index in [0.29, 0.717) is 11.3 Å². The highest BCUT2D eigenvalue weighted by Crippen LogP contribution is 2.15. The Labute approximate surface area is 113 Å². The molecule has 1 fully saturated rings. The highest BCUT2D eigenvalue weighted by Gasteiger charge is 2.20. The number of ether oxygens (including phenoxy) is 1. The lowest BCUT2D eigenvalue weighted by Gasteiger charge is -2.32. The van der Waals surface area contributed by atoms with Crippen LogP contribution in [0.2, 0.25) is 5.15 Å². The Bertz CT molecular complexity index is 358. The van der Waals surface area contributed by atoms with Crippen molar-refractivity contribution in [3.05, 3.63) is 23.2 Å². The molecule has 0 spiro atoms. The van der Waals surface area contributed by atoms with Gasteiger partial charge in [0.15, 0.2) is 0 Å². The third-order valence-electron chi connectivity index (χ3n) is 3.08. The van der Waals surface area contributed by atoms with Crippen LogP contribution in [0.4, 0.5) is 0 Å². The summed E-state index contributed by atoms with van der Waals surface area (Å²) in [5.41, 5.74) is 0.968. The van der Waals surface area contributed by atoms with E-state index < -0.39 is 0 Å². The van der Waals surface area contributed by atoms with Crippen LogP contribution in [0.5, 0.6) is 0 Å². The predicted octanol–water partition coefficient (Wildman–Crippen LogP) is 2.52. The van der Waals surface area contributed by atoms with E-state index in [-0.39, 0.29) is 0 Å². The molecule has 18 heavy (non-hydrogen) atoms. The van der Waals surface area contributed by atoms with E-state index in [1.807, 2.05) is 0 Å². The normalized spacial score (nSPS) is 21.1. The van der Waals surface area contributed by atoms with Crippen LogP contribution in [0.3, 0.4) is 0 Å². The first-order valence-corrected chi connectivity index (χ1v) is 6.96. The first kappa shape index (κ1) is 13.7. The van der Waals surface area contributed by atoms with Crippen LogP contribution in [0.25, 0.3) is 0 Å². The highest BCUT2D eigenvalue weighted by atomic mass is 35.5. The van der Waals surface area contributed by atoms with Crippen LogP contribution >= 0.6 is 11.6 Å². The van der Waals surface area contributed by atoms with E-state index in [9.17, 15) is 0 Å². The van der Waals surface area contributed by atoms with Crippen molar-refractivity contribution in [1.29, 1.82) is 0 Å². The van der Waals surface area contributed by atoms with Gasteiger partial charge in [-0.3, -0.25) is 9.88 Å². The Morgan fingerprint density at radius 1 is 1.44 bits per heavy atom. The molecule has 0 aliphatic carbocycles. The number of likely N-dealkylation sites (tertiary alicyclic amines) is 1. The molecular weight excluding hydrogens is 250 g/mol. The number of aromatic nitrogens is 2. The van der Waals surface area contributed by atoms with E-state index >= 15 is 0 Å². The molecule has 2 heterocycles. The molecule has 0 amide bonds. The molecule has 2 rings (SSSR count). The number of piperidine rings is 1. The summed E-state index contributed by atoms with van der Waals surface area (Å²) in [6, 6.07) is 0. The lowest BCUT2D eigenvalue weighted by molar-refractivity contribution is -0.00255. The van der Waals surface area contributed by atoms with Crippen LogP contribution in [0, 0.1) is 0 Å². The average molecular weight is 270 g/mol. The average Bonchev–Trinajstić information content (AvgIpc) is 2.40. The topological polar surface area (TPSA) is 38.2 Å². The molecular formula is C13H20ClN3O. The fraction of sp³-hybridized carbons (Fsp3) is 0.692. The van der Waals surface area contributed by atoms with Crippen LogP contribution in [0.15, 0.2) is 12.4 Å². The third-order valence-corrected chi connectivity index (χ3v) is 3.27. The molecule has 1 unspecified atom stereocenters. The van der Waals surface area contributed by atoms with Gasteiger partial charge >= 0.3 is 0 Å². The smallest absolute Gasteiger partial charge is 0.147 e. The molecule has 1 saturated heterocycles. The van der Waals surface area contributed by atoms with Crippen molar-refractivity contribution in [2.24, 2.45) is 0 Å². The van der Waals surface area contributed by atoms with Gasteiger partial charge in [-0.05, 0) is 25.8 Å².